The molecule has 7 heteroatoms. The van der Waals surface area contributed by atoms with E-state index in [4.69, 9.17) is 9.47 Å². The van der Waals surface area contributed by atoms with Gasteiger partial charge in [-0.05, 0) is 48.0 Å². The topological polar surface area (TPSA) is 76.7 Å². The van der Waals surface area contributed by atoms with E-state index in [1.54, 1.807) is 54.6 Å². The van der Waals surface area contributed by atoms with Gasteiger partial charge in [0.1, 0.15) is 5.82 Å². The summed E-state index contributed by atoms with van der Waals surface area (Å²) in [5, 5.41) is 5.46. The summed E-state index contributed by atoms with van der Waals surface area (Å²) in [4.78, 5) is 25.0. The fraction of sp³-hybridized carbons (Fsp3) is 0.0435. The molecule has 0 aliphatic carbocycles. The van der Waals surface area contributed by atoms with Gasteiger partial charge in [-0.1, -0.05) is 24.3 Å². The molecule has 6 nitrogen and oxygen atoms in total. The first kappa shape index (κ1) is 19.2. The molecule has 1 aliphatic rings. The van der Waals surface area contributed by atoms with E-state index in [1.807, 2.05) is 0 Å². The largest absolute Gasteiger partial charge is 0.454 e. The number of fused-ring (bicyclic) bond motifs is 1. The van der Waals surface area contributed by atoms with Gasteiger partial charge in [0.15, 0.2) is 11.5 Å². The van der Waals surface area contributed by atoms with Crippen molar-refractivity contribution in [3.05, 3.63) is 89.8 Å². The van der Waals surface area contributed by atoms with Crippen LogP contribution in [0, 0.1) is 5.82 Å². The highest BCUT2D eigenvalue weighted by molar-refractivity contribution is 6.11. The van der Waals surface area contributed by atoms with Crippen molar-refractivity contribution in [1.82, 2.24) is 0 Å². The predicted octanol–water partition coefficient (Wildman–Crippen LogP) is 4.46. The number of ether oxygens (including phenoxy) is 2. The van der Waals surface area contributed by atoms with Gasteiger partial charge in [-0.3, -0.25) is 9.59 Å². The van der Waals surface area contributed by atoms with Crippen LogP contribution in [-0.4, -0.2) is 18.6 Å². The van der Waals surface area contributed by atoms with Crippen molar-refractivity contribution >= 4 is 29.3 Å². The number of carbonyl (C=O) groups is 2. The molecule has 0 bridgehead atoms. The lowest BCUT2D eigenvalue weighted by molar-refractivity contribution is -0.111. The minimum atomic E-state index is -0.442. The highest BCUT2D eigenvalue weighted by atomic mass is 19.1. The zero-order valence-electron chi connectivity index (χ0n) is 15.7. The molecule has 0 radical (unpaired) electrons. The van der Waals surface area contributed by atoms with Crippen LogP contribution in [-0.2, 0) is 4.79 Å². The number of rotatable bonds is 5. The van der Waals surface area contributed by atoms with Gasteiger partial charge in [0.05, 0.1) is 11.3 Å². The Morgan fingerprint density at radius 2 is 1.73 bits per heavy atom. The number of hydrogen-bond acceptors (Lipinski definition) is 4. The summed E-state index contributed by atoms with van der Waals surface area (Å²) in [5.41, 5.74) is 1.74. The van der Waals surface area contributed by atoms with E-state index in [2.05, 4.69) is 10.6 Å². The van der Waals surface area contributed by atoms with E-state index in [0.29, 0.717) is 34.0 Å². The Labute approximate surface area is 171 Å². The first-order valence-electron chi connectivity index (χ1n) is 9.13. The molecule has 30 heavy (non-hydrogen) atoms. The summed E-state index contributed by atoms with van der Waals surface area (Å²) in [7, 11) is 0. The maximum Gasteiger partial charge on any atom is 0.257 e. The van der Waals surface area contributed by atoms with Crippen molar-refractivity contribution in [3.8, 4) is 11.5 Å². The number of carbonyl (C=O) groups excluding carboxylic acids is 2. The van der Waals surface area contributed by atoms with Crippen LogP contribution in [0.25, 0.3) is 6.08 Å². The number of amides is 2. The highest BCUT2D eigenvalue weighted by Crippen LogP contribution is 2.34. The van der Waals surface area contributed by atoms with Crippen LogP contribution < -0.4 is 20.1 Å². The lowest BCUT2D eigenvalue weighted by Crippen LogP contribution is -2.17. The van der Waals surface area contributed by atoms with E-state index in [9.17, 15) is 14.0 Å². The van der Waals surface area contributed by atoms with Crippen molar-refractivity contribution in [2.75, 3.05) is 17.4 Å². The second-order valence-corrected chi connectivity index (χ2v) is 6.45. The Balaban J connectivity index is 1.46. The molecule has 0 unspecified atom stereocenters. The van der Waals surface area contributed by atoms with Crippen molar-refractivity contribution in [1.29, 1.82) is 0 Å². The monoisotopic (exact) mass is 404 g/mol. The van der Waals surface area contributed by atoms with Crippen molar-refractivity contribution < 1.29 is 23.5 Å². The SMILES string of the molecule is O=C(/C=C/c1cccc(F)c1)Nc1ccccc1C(=O)Nc1ccc2c(c1)OCO2. The summed E-state index contributed by atoms with van der Waals surface area (Å²) >= 11 is 0. The second kappa shape index (κ2) is 8.48. The molecule has 4 rings (SSSR count). The second-order valence-electron chi connectivity index (χ2n) is 6.45. The molecule has 0 aromatic heterocycles. The molecule has 0 saturated carbocycles. The third-order valence-electron chi connectivity index (χ3n) is 4.34. The Morgan fingerprint density at radius 3 is 2.60 bits per heavy atom. The third kappa shape index (κ3) is 4.47. The third-order valence-corrected chi connectivity index (χ3v) is 4.34. The molecular formula is C23H17FN2O4. The Hall–Kier alpha value is -4.13. The maximum absolute atomic E-state index is 13.2. The fourth-order valence-electron chi connectivity index (χ4n) is 2.92. The fourth-order valence-corrected chi connectivity index (χ4v) is 2.92. The van der Waals surface area contributed by atoms with Gasteiger partial charge in [0.2, 0.25) is 12.7 Å². The Bertz CT molecular complexity index is 1140. The highest BCUT2D eigenvalue weighted by Gasteiger charge is 2.16. The number of nitrogens with one attached hydrogen (secondary N) is 2. The molecule has 150 valence electrons. The smallest absolute Gasteiger partial charge is 0.257 e. The van der Waals surface area contributed by atoms with Gasteiger partial charge < -0.3 is 20.1 Å². The molecule has 0 spiro atoms. The molecule has 0 atom stereocenters. The minimum Gasteiger partial charge on any atom is -0.454 e. The summed E-state index contributed by atoms with van der Waals surface area (Å²) in [5.74, 6) is -0.0489. The normalized spacial score (nSPS) is 12.0. The van der Waals surface area contributed by atoms with Gasteiger partial charge >= 0.3 is 0 Å². The average molecular weight is 404 g/mol. The van der Waals surface area contributed by atoms with Crippen LogP contribution in [0.3, 0.4) is 0 Å². The number of halogens is 1. The molecular weight excluding hydrogens is 387 g/mol. The van der Waals surface area contributed by atoms with Crippen LogP contribution in [0.5, 0.6) is 11.5 Å². The maximum atomic E-state index is 13.2. The first-order chi connectivity index (χ1) is 14.6. The predicted molar refractivity (Wildman–Crippen MR) is 111 cm³/mol. The number of anilines is 2. The van der Waals surface area contributed by atoms with E-state index in [-0.39, 0.29) is 18.5 Å². The number of para-hydroxylation sites is 1. The first-order valence-corrected chi connectivity index (χ1v) is 9.13. The minimum absolute atomic E-state index is 0.144. The van der Waals surface area contributed by atoms with E-state index >= 15 is 0 Å². The summed E-state index contributed by atoms with van der Waals surface area (Å²) in [6.45, 7) is 0.144. The molecule has 1 heterocycles. The summed E-state index contributed by atoms with van der Waals surface area (Å²) in [6.07, 6.45) is 2.77. The standard InChI is InChI=1S/C23H17FN2O4/c24-16-5-3-4-15(12-16)8-11-22(27)26-19-7-2-1-6-18(19)23(28)25-17-9-10-20-21(13-17)30-14-29-20/h1-13H,14H2,(H,25,28)(H,26,27)/b11-8+. The van der Waals surface area contributed by atoms with Gasteiger partial charge in [-0.25, -0.2) is 4.39 Å². The lowest BCUT2D eigenvalue weighted by Gasteiger charge is -2.11. The summed E-state index contributed by atoms with van der Waals surface area (Å²) in [6, 6.07) is 17.6. The molecule has 3 aromatic rings. The van der Waals surface area contributed by atoms with Crippen LogP contribution in [0.2, 0.25) is 0 Å². The zero-order valence-corrected chi connectivity index (χ0v) is 15.7. The van der Waals surface area contributed by atoms with E-state index in [1.165, 1.54) is 24.3 Å². The number of benzene rings is 3. The number of hydrogen-bond donors (Lipinski definition) is 2. The van der Waals surface area contributed by atoms with Gasteiger partial charge in [0.25, 0.3) is 5.91 Å². The average Bonchev–Trinajstić information content (AvgIpc) is 3.20. The van der Waals surface area contributed by atoms with Crippen LogP contribution in [0.4, 0.5) is 15.8 Å². The van der Waals surface area contributed by atoms with Crippen molar-refractivity contribution in [2.45, 2.75) is 0 Å². The van der Waals surface area contributed by atoms with E-state index in [0.717, 1.165) is 0 Å². The molecule has 1 aliphatic heterocycles. The quantitative estimate of drug-likeness (QED) is 0.616. The molecule has 2 amide bonds. The van der Waals surface area contributed by atoms with Crippen LogP contribution in [0.15, 0.2) is 72.8 Å². The zero-order chi connectivity index (χ0) is 20.9. The Kier molecular flexibility index (Phi) is 5.43. The van der Waals surface area contributed by atoms with Gasteiger partial charge in [-0.2, -0.15) is 0 Å². The van der Waals surface area contributed by atoms with Gasteiger partial charge in [0, 0.05) is 17.8 Å². The van der Waals surface area contributed by atoms with E-state index < -0.39 is 5.91 Å². The van der Waals surface area contributed by atoms with Gasteiger partial charge in [-0.15, -0.1) is 0 Å². The van der Waals surface area contributed by atoms with Crippen molar-refractivity contribution in [3.63, 3.8) is 0 Å². The van der Waals surface area contributed by atoms with Crippen molar-refractivity contribution in [2.24, 2.45) is 0 Å². The molecule has 3 aromatic carbocycles. The molecule has 0 fully saturated rings. The van der Waals surface area contributed by atoms with Crippen LogP contribution >= 0.6 is 0 Å². The molecule has 0 saturated heterocycles. The Morgan fingerprint density at radius 1 is 0.900 bits per heavy atom. The molecule has 2 N–H and O–H groups in total. The summed E-state index contributed by atoms with van der Waals surface area (Å²) < 4.78 is 23.8. The lowest BCUT2D eigenvalue weighted by atomic mass is 10.1. The van der Waals surface area contributed by atoms with Crippen LogP contribution in [0.1, 0.15) is 15.9 Å².